The molecule has 2 aliphatic rings. The van der Waals surface area contributed by atoms with Crippen molar-refractivity contribution in [1.82, 2.24) is 10.2 Å². The predicted octanol–water partition coefficient (Wildman–Crippen LogP) is 1.43. The highest BCUT2D eigenvalue weighted by atomic mass is 15.3. The summed E-state index contributed by atoms with van der Waals surface area (Å²) in [6.45, 7) is 4.96. The second kappa shape index (κ2) is 4.24. The fraction of sp³-hybridized carbons (Fsp3) is 1.00. The lowest BCUT2D eigenvalue weighted by Crippen LogP contribution is -2.29. The summed E-state index contributed by atoms with van der Waals surface area (Å²) in [5.74, 6) is 1.01. The summed E-state index contributed by atoms with van der Waals surface area (Å²) in [6.07, 6.45) is 7.40. The number of rotatable bonds is 2. The minimum Gasteiger partial charge on any atom is -0.303 e. The molecule has 0 bridgehead atoms. The fourth-order valence-electron chi connectivity index (χ4n) is 2.44. The highest BCUT2D eigenvalue weighted by Gasteiger charge is 2.18. The van der Waals surface area contributed by atoms with E-state index in [-0.39, 0.29) is 0 Å². The van der Waals surface area contributed by atoms with Crippen molar-refractivity contribution < 1.29 is 0 Å². The summed E-state index contributed by atoms with van der Waals surface area (Å²) in [4.78, 5) is 2.57. The number of nitrogens with one attached hydrogen (secondary N) is 1. The minimum atomic E-state index is 1.01. The lowest BCUT2D eigenvalue weighted by molar-refractivity contribution is 0.232. The summed E-state index contributed by atoms with van der Waals surface area (Å²) < 4.78 is 0. The van der Waals surface area contributed by atoms with Gasteiger partial charge in [0, 0.05) is 26.3 Å². The molecule has 12 heavy (non-hydrogen) atoms. The van der Waals surface area contributed by atoms with Crippen molar-refractivity contribution in [3.05, 3.63) is 0 Å². The normalized spacial score (nSPS) is 28.0. The summed E-state index contributed by atoms with van der Waals surface area (Å²) in [5, 5.41) is 3.39. The minimum absolute atomic E-state index is 1.01. The van der Waals surface area contributed by atoms with E-state index in [0.717, 1.165) is 12.6 Å². The van der Waals surface area contributed by atoms with Crippen LogP contribution in [-0.4, -0.2) is 31.2 Å². The summed E-state index contributed by atoms with van der Waals surface area (Å²) >= 11 is 0. The van der Waals surface area contributed by atoms with Gasteiger partial charge in [0.15, 0.2) is 0 Å². The molecule has 0 unspecified atom stereocenters. The van der Waals surface area contributed by atoms with E-state index in [0.29, 0.717) is 0 Å². The van der Waals surface area contributed by atoms with Crippen molar-refractivity contribution >= 4 is 0 Å². The second-order valence-corrected chi connectivity index (χ2v) is 4.24. The molecule has 2 fully saturated rings. The Balaban J connectivity index is 1.69. The average molecular weight is 168 g/mol. The SMILES string of the molecule is C1CCC(CN2CCNC2)CC1. The van der Waals surface area contributed by atoms with E-state index in [4.69, 9.17) is 0 Å². The number of hydrogen-bond donors (Lipinski definition) is 1. The van der Waals surface area contributed by atoms with Gasteiger partial charge >= 0.3 is 0 Å². The first-order valence-electron chi connectivity index (χ1n) is 5.38. The molecule has 1 saturated heterocycles. The zero-order valence-electron chi connectivity index (χ0n) is 7.89. The molecular weight excluding hydrogens is 148 g/mol. The van der Waals surface area contributed by atoms with Gasteiger partial charge in [-0.15, -0.1) is 0 Å². The molecule has 2 rings (SSSR count). The van der Waals surface area contributed by atoms with Crippen LogP contribution in [0.15, 0.2) is 0 Å². The average Bonchev–Trinajstić information content (AvgIpc) is 2.59. The van der Waals surface area contributed by atoms with Crippen LogP contribution in [0.1, 0.15) is 32.1 Å². The molecular formula is C10H20N2. The lowest BCUT2D eigenvalue weighted by atomic mass is 9.89. The third-order valence-corrected chi connectivity index (χ3v) is 3.18. The molecule has 1 heterocycles. The number of nitrogens with zero attached hydrogens (tertiary/aromatic N) is 1. The van der Waals surface area contributed by atoms with Gasteiger partial charge in [-0.2, -0.15) is 0 Å². The Morgan fingerprint density at radius 2 is 2.00 bits per heavy atom. The van der Waals surface area contributed by atoms with Crippen LogP contribution in [-0.2, 0) is 0 Å². The Hall–Kier alpha value is -0.0800. The van der Waals surface area contributed by atoms with Crippen molar-refractivity contribution in [2.75, 3.05) is 26.3 Å². The molecule has 2 nitrogen and oxygen atoms in total. The molecule has 1 saturated carbocycles. The summed E-state index contributed by atoms with van der Waals surface area (Å²) in [6, 6.07) is 0. The van der Waals surface area contributed by atoms with E-state index in [9.17, 15) is 0 Å². The zero-order valence-corrected chi connectivity index (χ0v) is 7.89. The van der Waals surface area contributed by atoms with E-state index in [1.54, 1.807) is 0 Å². The molecule has 0 atom stereocenters. The molecule has 0 amide bonds. The maximum Gasteiger partial charge on any atom is 0.0481 e. The monoisotopic (exact) mass is 168 g/mol. The Morgan fingerprint density at radius 1 is 1.17 bits per heavy atom. The Labute approximate surface area is 75.3 Å². The quantitative estimate of drug-likeness (QED) is 0.671. The van der Waals surface area contributed by atoms with Crippen molar-refractivity contribution in [3.8, 4) is 0 Å². The number of hydrogen-bond acceptors (Lipinski definition) is 2. The second-order valence-electron chi connectivity index (χ2n) is 4.24. The van der Waals surface area contributed by atoms with Crippen LogP contribution in [0.2, 0.25) is 0 Å². The van der Waals surface area contributed by atoms with Gasteiger partial charge in [-0.3, -0.25) is 4.90 Å². The summed E-state index contributed by atoms with van der Waals surface area (Å²) in [5.41, 5.74) is 0. The molecule has 1 N–H and O–H groups in total. The van der Waals surface area contributed by atoms with Gasteiger partial charge < -0.3 is 5.32 Å². The smallest absolute Gasteiger partial charge is 0.0481 e. The molecule has 0 aromatic carbocycles. The molecule has 0 spiro atoms. The van der Waals surface area contributed by atoms with Crippen LogP contribution in [0.3, 0.4) is 0 Å². The maximum absolute atomic E-state index is 3.39. The van der Waals surface area contributed by atoms with Gasteiger partial charge in [-0.25, -0.2) is 0 Å². The molecule has 70 valence electrons. The largest absolute Gasteiger partial charge is 0.303 e. The van der Waals surface area contributed by atoms with Crippen LogP contribution in [0.4, 0.5) is 0 Å². The highest BCUT2D eigenvalue weighted by molar-refractivity contribution is 4.73. The van der Waals surface area contributed by atoms with Crippen LogP contribution in [0, 0.1) is 5.92 Å². The van der Waals surface area contributed by atoms with Crippen molar-refractivity contribution in [3.63, 3.8) is 0 Å². The van der Waals surface area contributed by atoms with Gasteiger partial charge in [-0.1, -0.05) is 19.3 Å². The third-order valence-electron chi connectivity index (χ3n) is 3.18. The van der Waals surface area contributed by atoms with Crippen LogP contribution in [0.25, 0.3) is 0 Å². The van der Waals surface area contributed by atoms with Gasteiger partial charge in [-0.05, 0) is 18.8 Å². The molecule has 1 aliphatic carbocycles. The molecule has 0 aromatic heterocycles. The van der Waals surface area contributed by atoms with E-state index in [1.807, 2.05) is 0 Å². The summed E-state index contributed by atoms with van der Waals surface area (Å²) in [7, 11) is 0. The Kier molecular flexibility index (Phi) is 3.01. The van der Waals surface area contributed by atoms with Crippen molar-refractivity contribution in [2.24, 2.45) is 5.92 Å². The van der Waals surface area contributed by atoms with Crippen molar-refractivity contribution in [2.45, 2.75) is 32.1 Å². The standard InChI is InChI=1S/C10H20N2/c1-2-4-10(5-3-1)8-12-7-6-11-9-12/h10-11H,1-9H2. The maximum atomic E-state index is 3.39. The van der Waals surface area contributed by atoms with Gasteiger partial charge in [0.25, 0.3) is 0 Å². The first-order valence-corrected chi connectivity index (χ1v) is 5.38. The van der Waals surface area contributed by atoms with Gasteiger partial charge in [0.1, 0.15) is 0 Å². The van der Waals surface area contributed by atoms with E-state index in [1.165, 1.54) is 51.7 Å². The fourth-order valence-corrected chi connectivity index (χ4v) is 2.44. The zero-order chi connectivity index (χ0) is 8.23. The Morgan fingerprint density at radius 3 is 2.67 bits per heavy atom. The molecule has 2 heteroatoms. The van der Waals surface area contributed by atoms with Crippen molar-refractivity contribution in [1.29, 1.82) is 0 Å². The third kappa shape index (κ3) is 2.20. The highest BCUT2D eigenvalue weighted by Crippen LogP contribution is 2.24. The topological polar surface area (TPSA) is 15.3 Å². The van der Waals surface area contributed by atoms with Crippen LogP contribution in [0.5, 0.6) is 0 Å². The lowest BCUT2D eigenvalue weighted by Gasteiger charge is -2.25. The van der Waals surface area contributed by atoms with Crippen LogP contribution >= 0.6 is 0 Å². The Bertz CT molecular complexity index is 124. The van der Waals surface area contributed by atoms with Gasteiger partial charge in [0.2, 0.25) is 0 Å². The van der Waals surface area contributed by atoms with Gasteiger partial charge in [0.05, 0.1) is 0 Å². The van der Waals surface area contributed by atoms with E-state index >= 15 is 0 Å². The van der Waals surface area contributed by atoms with E-state index in [2.05, 4.69) is 10.2 Å². The van der Waals surface area contributed by atoms with Crippen LogP contribution < -0.4 is 5.32 Å². The first kappa shape index (κ1) is 8.52. The first-order chi connectivity index (χ1) is 5.95. The van der Waals surface area contributed by atoms with E-state index < -0.39 is 0 Å². The molecule has 0 radical (unpaired) electrons. The molecule has 1 aliphatic heterocycles. The predicted molar refractivity (Wildman–Crippen MR) is 51.0 cm³/mol. The molecule has 0 aromatic rings.